The van der Waals surface area contributed by atoms with Crippen LogP contribution in [0, 0.1) is 5.92 Å². The van der Waals surface area contributed by atoms with Gasteiger partial charge in [-0.1, -0.05) is 0 Å². The van der Waals surface area contributed by atoms with E-state index in [1.807, 2.05) is 10.7 Å². The number of hydrogen-bond donors (Lipinski definition) is 2. The number of nitrogens with two attached hydrogens (primary N) is 1. The monoisotopic (exact) mass is 314 g/mol. The van der Waals surface area contributed by atoms with Crippen molar-refractivity contribution in [1.29, 1.82) is 0 Å². The Hall–Kier alpha value is -2.64. The quantitative estimate of drug-likeness (QED) is 0.750. The van der Waals surface area contributed by atoms with Crippen molar-refractivity contribution in [2.24, 2.45) is 5.92 Å². The third-order valence-electron chi connectivity index (χ3n) is 4.70. The molecule has 0 fully saturated rings. The number of nitrogen functional groups attached to an aromatic ring is 1. The van der Waals surface area contributed by atoms with E-state index in [-0.39, 0.29) is 23.3 Å². The minimum atomic E-state index is -0.193. The summed E-state index contributed by atoms with van der Waals surface area (Å²) in [5, 5.41) is 4.24. The summed E-state index contributed by atoms with van der Waals surface area (Å²) in [7, 11) is 0. The van der Waals surface area contributed by atoms with E-state index in [2.05, 4.69) is 15.1 Å². The molecule has 1 unspecified atom stereocenters. The Morgan fingerprint density at radius 1 is 1.39 bits per heavy atom. The maximum absolute atomic E-state index is 12.8. The molecule has 2 aliphatic rings. The van der Waals surface area contributed by atoms with E-state index in [4.69, 9.17) is 5.73 Å². The van der Waals surface area contributed by atoms with Crippen molar-refractivity contribution in [2.75, 3.05) is 12.3 Å². The van der Waals surface area contributed by atoms with Gasteiger partial charge < -0.3 is 10.6 Å². The fraction of sp³-hybridized carbons (Fsp3) is 0.467. The number of hydrogen-bond acceptors (Lipinski definition) is 5. The fourth-order valence-corrected chi connectivity index (χ4v) is 3.48. The minimum absolute atomic E-state index is 0.0277. The van der Waals surface area contributed by atoms with Gasteiger partial charge in [-0.15, -0.1) is 0 Å². The highest BCUT2D eigenvalue weighted by atomic mass is 16.2. The number of nitrogens with one attached hydrogen (secondary N) is 1. The average Bonchev–Trinajstić information content (AvgIpc) is 3.01. The van der Waals surface area contributed by atoms with Crippen molar-refractivity contribution in [3.05, 3.63) is 39.6 Å². The second-order valence-corrected chi connectivity index (χ2v) is 6.12. The van der Waals surface area contributed by atoms with Gasteiger partial charge >= 0.3 is 0 Å². The van der Waals surface area contributed by atoms with E-state index in [0.717, 1.165) is 18.7 Å². The van der Waals surface area contributed by atoms with E-state index in [0.29, 0.717) is 37.2 Å². The van der Waals surface area contributed by atoms with Crippen LogP contribution in [0.2, 0.25) is 0 Å². The molecule has 0 radical (unpaired) electrons. The van der Waals surface area contributed by atoms with Crippen LogP contribution in [0.15, 0.2) is 17.1 Å². The molecule has 0 saturated carbocycles. The average molecular weight is 314 g/mol. The lowest BCUT2D eigenvalue weighted by Gasteiger charge is -2.32. The van der Waals surface area contributed by atoms with E-state index in [1.165, 1.54) is 0 Å². The molecule has 2 aromatic heterocycles. The van der Waals surface area contributed by atoms with Gasteiger partial charge in [-0.25, -0.2) is 4.98 Å². The number of aryl methyl sites for hydroxylation is 1. The standard InChI is InChI=1S/C15H18N6O2/c16-15-18-12-8-20(5-3-11(12)13(22)19-15)14(23)9-2-6-21-10(7-9)1-4-17-21/h1,4,9H,2-3,5-8H2,(H3,16,18,19,22). The fourth-order valence-electron chi connectivity index (χ4n) is 3.48. The highest BCUT2D eigenvalue weighted by molar-refractivity contribution is 5.79. The molecule has 0 aliphatic carbocycles. The van der Waals surface area contributed by atoms with Crippen LogP contribution in [0.25, 0.3) is 0 Å². The second-order valence-electron chi connectivity index (χ2n) is 6.12. The molecule has 0 spiro atoms. The SMILES string of the molecule is Nc1nc2c(c(=O)[nH]1)CCN(C(=O)C1CCn3nccc3C1)C2. The van der Waals surface area contributed by atoms with Crippen LogP contribution in [-0.2, 0) is 30.7 Å². The normalized spacial score (nSPS) is 20.0. The van der Waals surface area contributed by atoms with Crippen molar-refractivity contribution >= 4 is 11.9 Å². The second kappa shape index (κ2) is 5.22. The zero-order chi connectivity index (χ0) is 16.0. The highest BCUT2D eigenvalue weighted by Gasteiger charge is 2.31. The maximum atomic E-state index is 12.8. The van der Waals surface area contributed by atoms with Crippen LogP contribution in [0.3, 0.4) is 0 Å². The molecule has 0 aromatic carbocycles. The molecule has 3 N–H and O–H groups in total. The summed E-state index contributed by atoms with van der Waals surface area (Å²) >= 11 is 0. The lowest BCUT2D eigenvalue weighted by Crippen LogP contribution is -2.43. The molecule has 4 rings (SSSR count). The predicted molar refractivity (Wildman–Crippen MR) is 82.4 cm³/mol. The number of fused-ring (bicyclic) bond motifs is 2. The summed E-state index contributed by atoms with van der Waals surface area (Å²) in [5.74, 6) is 0.202. The number of rotatable bonds is 1. The first-order valence-corrected chi connectivity index (χ1v) is 7.79. The molecule has 1 atom stereocenters. The summed E-state index contributed by atoms with van der Waals surface area (Å²) < 4.78 is 1.96. The lowest BCUT2D eigenvalue weighted by atomic mass is 9.93. The predicted octanol–water partition coefficient (Wildman–Crippen LogP) is -0.304. The Kier molecular flexibility index (Phi) is 3.17. The minimum Gasteiger partial charge on any atom is -0.369 e. The van der Waals surface area contributed by atoms with Gasteiger partial charge in [0, 0.05) is 42.9 Å². The van der Waals surface area contributed by atoms with Gasteiger partial charge in [0.15, 0.2) is 0 Å². The van der Waals surface area contributed by atoms with Crippen LogP contribution in [0.5, 0.6) is 0 Å². The van der Waals surface area contributed by atoms with Crippen LogP contribution >= 0.6 is 0 Å². The molecule has 1 amide bonds. The van der Waals surface area contributed by atoms with Gasteiger partial charge in [-0.05, 0) is 18.9 Å². The van der Waals surface area contributed by atoms with Crippen LogP contribution in [0.1, 0.15) is 23.4 Å². The third kappa shape index (κ3) is 2.39. The van der Waals surface area contributed by atoms with Crippen molar-refractivity contribution in [2.45, 2.75) is 32.4 Å². The number of H-pyrrole nitrogens is 1. The number of nitrogens with zero attached hydrogens (tertiary/aromatic N) is 4. The molecular formula is C15H18N6O2. The van der Waals surface area contributed by atoms with Crippen LogP contribution in [-0.4, -0.2) is 37.1 Å². The highest BCUT2D eigenvalue weighted by Crippen LogP contribution is 2.24. The van der Waals surface area contributed by atoms with Crippen molar-refractivity contribution in [3.8, 4) is 0 Å². The Labute approximate surface area is 132 Å². The topological polar surface area (TPSA) is 110 Å². The third-order valence-corrected chi connectivity index (χ3v) is 4.70. The van der Waals surface area contributed by atoms with Crippen LogP contribution in [0.4, 0.5) is 5.95 Å². The number of aromatic nitrogens is 4. The molecule has 0 bridgehead atoms. The first-order chi connectivity index (χ1) is 11.1. The Balaban J connectivity index is 1.53. The van der Waals surface area contributed by atoms with E-state index in [1.54, 1.807) is 11.1 Å². The number of anilines is 1. The van der Waals surface area contributed by atoms with Gasteiger partial charge in [-0.2, -0.15) is 5.10 Å². The Morgan fingerprint density at radius 2 is 2.26 bits per heavy atom. The smallest absolute Gasteiger partial charge is 0.255 e. The molecular weight excluding hydrogens is 296 g/mol. The zero-order valence-electron chi connectivity index (χ0n) is 12.7. The summed E-state index contributed by atoms with van der Waals surface area (Å²) in [6.45, 7) is 1.68. The number of aromatic amines is 1. The first-order valence-electron chi connectivity index (χ1n) is 7.79. The number of amides is 1. The first kappa shape index (κ1) is 14.0. The zero-order valence-corrected chi connectivity index (χ0v) is 12.7. The summed E-state index contributed by atoms with van der Waals surface area (Å²) in [4.78, 5) is 33.2. The summed E-state index contributed by atoms with van der Waals surface area (Å²) in [5.41, 5.74) is 7.78. The van der Waals surface area contributed by atoms with Gasteiger partial charge in [0.2, 0.25) is 11.9 Å². The van der Waals surface area contributed by atoms with Gasteiger partial charge in [0.05, 0.1) is 12.2 Å². The molecule has 0 saturated heterocycles. The van der Waals surface area contributed by atoms with Crippen molar-refractivity contribution in [3.63, 3.8) is 0 Å². The number of carbonyl (C=O) groups excluding carboxylic acids is 1. The van der Waals surface area contributed by atoms with Crippen molar-refractivity contribution < 1.29 is 4.79 Å². The molecule has 23 heavy (non-hydrogen) atoms. The summed E-state index contributed by atoms with van der Waals surface area (Å²) in [6.07, 6.45) is 3.81. The maximum Gasteiger partial charge on any atom is 0.255 e. The Morgan fingerprint density at radius 3 is 3.13 bits per heavy atom. The van der Waals surface area contributed by atoms with Gasteiger partial charge in [0.1, 0.15) is 0 Å². The van der Waals surface area contributed by atoms with Gasteiger partial charge in [-0.3, -0.25) is 19.3 Å². The van der Waals surface area contributed by atoms with E-state index < -0.39 is 0 Å². The van der Waals surface area contributed by atoms with Crippen molar-refractivity contribution in [1.82, 2.24) is 24.6 Å². The molecule has 120 valence electrons. The van der Waals surface area contributed by atoms with E-state index in [9.17, 15) is 9.59 Å². The molecule has 2 aliphatic heterocycles. The largest absolute Gasteiger partial charge is 0.369 e. The van der Waals surface area contributed by atoms with E-state index >= 15 is 0 Å². The Bertz CT molecular complexity index is 824. The summed E-state index contributed by atoms with van der Waals surface area (Å²) in [6, 6.07) is 1.97. The number of carbonyl (C=O) groups is 1. The molecule has 8 nitrogen and oxygen atoms in total. The molecule has 2 aromatic rings. The molecule has 4 heterocycles. The molecule has 8 heteroatoms. The van der Waals surface area contributed by atoms with Gasteiger partial charge in [0.25, 0.3) is 5.56 Å². The van der Waals surface area contributed by atoms with Crippen LogP contribution < -0.4 is 11.3 Å². The lowest BCUT2D eigenvalue weighted by molar-refractivity contribution is -0.137.